The molecule has 2 unspecified atom stereocenters. The minimum Gasteiger partial charge on any atom is -0.355 e. The molecule has 2 nitrogen and oxygen atoms in total. The first-order chi connectivity index (χ1) is 11.6. The summed E-state index contributed by atoms with van der Waals surface area (Å²) in [6.45, 7) is 3.91. The Balaban J connectivity index is 1.87. The maximum atomic E-state index is 12.9. The summed E-state index contributed by atoms with van der Waals surface area (Å²) in [5, 5.41) is 3.47. The van der Waals surface area contributed by atoms with Crippen molar-refractivity contribution in [3.63, 3.8) is 0 Å². The third-order valence-electron chi connectivity index (χ3n) is 4.53. The van der Waals surface area contributed by atoms with Crippen LogP contribution in [0.5, 0.6) is 0 Å². The van der Waals surface area contributed by atoms with Crippen molar-refractivity contribution in [2.75, 3.05) is 6.54 Å². The Labute approximate surface area is 155 Å². The molecule has 1 amide bonds. The normalized spacial score (nSPS) is 21.8. The molecule has 0 aromatic heterocycles. The lowest BCUT2D eigenvalue weighted by atomic mass is 9.81. The smallest absolute Gasteiger partial charge is 0.355 e. The fraction of sp³-hybridized carbons (Fsp3) is 0.611. The highest BCUT2D eigenvalue weighted by molar-refractivity contribution is 8.01. The van der Waals surface area contributed by atoms with E-state index in [2.05, 4.69) is 5.32 Å². The maximum absolute atomic E-state index is 12.9. The van der Waals surface area contributed by atoms with E-state index in [1.165, 1.54) is 11.8 Å². The van der Waals surface area contributed by atoms with Crippen LogP contribution in [0.25, 0.3) is 0 Å². The number of hydrogen-bond acceptors (Lipinski definition) is 2. The van der Waals surface area contributed by atoms with Gasteiger partial charge in [-0.25, -0.2) is 0 Å². The Hall–Kier alpha value is -0.880. The quantitative estimate of drug-likeness (QED) is 0.650. The Morgan fingerprint density at radius 3 is 2.48 bits per heavy atom. The fourth-order valence-electron chi connectivity index (χ4n) is 3.07. The highest BCUT2D eigenvalue weighted by Crippen LogP contribution is 2.40. The molecule has 1 fully saturated rings. The van der Waals surface area contributed by atoms with E-state index >= 15 is 0 Å². The van der Waals surface area contributed by atoms with Gasteiger partial charge in [-0.05, 0) is 63.3 Å². The fourth-order valence-corrected chi connectivity index (χ4v) is 4.22. The first-order valence-corrected chi connectivity index (χ1v) is 9.57. The Morgan fingerprint density at radius 1 is 1.24 bits per heavy atom. The van der Waals surface area contributed by atoms with Gasteiger partial charge in [0.25, 0.3) is 0 Å². The van der Waals surface area contributed by atoms with Gasteiger partial charge in [0, 0.05) is 16.5 Å². The van der Waals surface area contributed by atoms with Crippen LogP contribution < -0.4 is 5.32 Å². The number of hydrogen-bond donors (Lipinski definition) is 1. The molecule has 1 aliphatic rings. The van der Waals surface area contributed by atoms with Gasteiger partial charge in [-0.1, -0.05) is 18.0 Å². The van der Waals surface area contributed by atoms with Crippen molar-refractivity contribution < 1.29 is 18.0 Å². The third-order valence-corrected chi connectivity index (χ3v) is 5.99. The van der Waals surface area contributed by atoms with Crippen LogP contribution in [0.2, 0.25) is 5.02 Å². The molecule has 0 bridgehead atoms. The van der Waals surface area contributed by atoms with E-state index in [0.717, 1.165) is 11.3 Å². The lowest BCUT2D eigenvalue weighted by Gasteiger charge is -2.31. The first kappa shape index (κ1) is 20.4. The molecule has 0 radical (unpaired) electrons. The van der Waals surface area contributed by atoms with Crippen LogP contribution in [0.4, 0.5) is 13.2 Å². The minimum absolute atomic E-state index is 0.106. The van der Waals surface area contributed by atoms with Gasteiger partial charge in [-0.2, -0.15) is 13.2 Å². The first-order valence-electron chi connectivity index (χ1n) is 8.37. The predicted octanol–water partition coefficient (Wildman–Crippen LogP) is 5.70. The van der Waals surface area contributed by atoms with Crippen LogP contribution >= 0.6 is 23.4 Å². The van der Waals surface area contributed by atoms with Gasteiger partial charge in [0.05, 0.1) is 10.7 Å². The zero-order valence-electron chi connectivity index (χ0n) is 14.3. The Bertz CT molecular complexity index is 589. The van der Waals surface area contributed by atoms with Gasteiger partial charge in [0.15, 0.2) is 0 Å². The second-order valence-electron chi connectivity index (χ2n) is 7.05. The summed E-state index contributed by atoms with van der Waals surface area (Å²) >= 11 is 7.26. The molecule has 0 heterocycles. The predicted molar refractivity (Wildman–Crippen MR) is 95.9 cm³/mol. The van der Waals surface area contributed by atoms with Gasteiger partial charge in [0.1, 0.15) is 0 Å². The van der Waals surface area contributed by atoms with Gasteiger partial charge in [0.2, 0.25) is 5.91 Å². The van der Waals surface area contributed by atoms with Crippen LogP contribution in [-0.4, -0.2) is 23.4 Å². The summed E-state index contributed by atoms with van der Waals surface area (Å²) in [5.41, 5.74) is 0. The van der Waals surface area contributed by atoms with E-state index in [-0.39, 0.29) is 24.7 Å². The van der Waals surface area contributed by atoms with Gasteiger partial charge in [-0.3, -0.25) is 4.79 Å². The van der Waals surface area contributed by atoms with E-state index in [4.69, 9.17) is 11.6 Å². The number of alkyl halides is 3. The molecular weight excluding hydrogens is 371 g/mol. The number of halogens is 4. The molecule has 1 saturated carbocycles. The molecule has 1 aliphatic carbocycles. The molecule has 7 heteroatoms. The number of carbonyl (C=O) groups is 1. The van der Waals surface area contributed by atoms with Gasteiger partial charge in [-0.15, -0.1) is 11.8 Å². The van der Waals surface area contributed by atoms with Crippen LogP contribution in [0.1, 0.15) is 39.5 Å². The molecule has 1 aromatic rings. The van der Waals surface area contributed by atoms with Gasteiger partial charge >= 0.3 is 6.18 Å². The molecule has 0 aliphatic heterocycles. The molecule has 0 saturated heterocycles. The molecule has 140 valence electrons. The number of benzene rings is 1. The largest absolute Gasteiger partial charge is 0.391 e. The van der Waals surface area contributed by atoms with Crippen molar-refractivity contribution in [1.29, 1.82) is 0 Å². The zero-order valence-corrected chi connectivity index (χ0v) is 15.9. The second kappa shape index (κ2) is 8.21. The molecule has 25 heavy (non-hydrogen) atoms. The average molecular weight is 394 g/mol. The van der Waals surface area contributed by atoms with Gasteiger partial charge < -0.3 is 5.32 Å². The standard InChI is InChI=1S/C18H23ClF3NOS/c1-17(2,25-15-8-6-14(19)7-9-15)16(24)23-11-12-4-3-5-13(10-12)18(20,21)22/h6-9,12-13H,3-5,10-11H2,1-2H3,(H,23,24). The topological polar surface area (TPSA) is 29.1 Å². The van der Waals surface area contributed by atoms with Crippen LogP contribution in [0.3, 0.4) is 0 Å². The van der Waals surface area contributed by atoms with E-state index < -0.39 is 16.8 Å². The molecule has 2 atom stereocenters. The summed E-state index contributed by atoms with van der Waals surface area (Å²) in [4.78, 5) is 13.4. The second-order valence-corrected chi connectivity index (χ2v) is 9.18. The SMILES string of the molecule is CC(C)(Sc1ccc(Cl)cc1)C(=O)NCC1CCCC(C(F)(F)F)C1. The summed E-state index contributed by atoms with van der Waals surface area (Å²) < 4.78 is 37.9. The summed E-state index contributed by atoms with van der Waals surface area (Å²) in [6.07, 6.45) is -2.53. The number of rotatable bonds is 5. The minimum atomic E-state index is -4.13. The Morgan fingerprint density at radius 2 is 1.88 bits per heavy atom. The van der Waals surface area contributed by atoms with Crippen molar-refractivity contribution in [1.82, 2.24) is 5.32 Å². The van der Waals surface area contributed by atoms with Crippen molar-refractivity contribution in [3.05, 3.63) is 29.3 Å². The van der Waals surface area contributed by atoms with Crippen molar-refractivity contribution in [3.8, 4) is 0 Å². The maximum Gasteiger partial charge on any atom is 0.391 e. The summed E-state index contributed by atoms with van der Waals surface area (Å²) in [6, 6.07) is 7.21. The number of thioether (sulfide) groups is 1. The molecular formula is C18H23ClF3NOS. The number of carbonyl (C=O) groups excluding carboxylic acids is 1. The lowest BCUT2D eigenvalue weighted by molar-refractivity contribution is -0.185. The summed E-state index contributed by atoms with van der Waals surface area (Å²) in [7, 11) is 0. The highest BCUT2D eigenvalue weighted by Gasteiger charge is 2.42. The Kier molecular flexibility index (Phi) is 6.71. The average Bonchev–Trinajstić information content (AvgIpc) is 2.54. The van der Waals surface area contributed by atoms with E-state index in [1.54, 1.807) is 26.0 Å². The monoisotopic (exact) mass is 393 g/mol. The molecule has 0 spiro atoms. The molecule has 1 aromatic carbocycles. The van der Waals surface area contributed by atoms with E-state index in [0.29, 0.717) is 18.0 Å². The third kappa shape index (κ3) is 6.10. The van der Waals surface area contributed by atoms with E-state index in [9.17, 15) is 18.0 Å². The zero-order chi connectivity index (χ0) is 18.7. The van der Waals surface area contributed by atoms with Crippen LogP contribution in [0, 0.1) is 11.8 Å². The lowest BCUT2D eigenvalue weighted by Crippen LogP contribution is -2.43. The van der Waals surface area contributed by atoms with E-state index in [1.807, 2.05) is 12.1 Å². The van der Waals surface area contributed by atoms with Crippen molar-refractivity contribution in [2.24, 2.45) is 11.8 Å². The number of amides is 1. The van der Waals surface area contributed by atoms with Crippen LogP contribution in [0.15, 0.2) is 29.2 Å². The van der Waals surface area contributed by atoms with Crippen molar-refractivity contribution in [2.45, 2.75) is 55.3 Å². The highest BCUT2D eigenvalue weighted by atomic mass is 35.5. The molecule has 2 rings (SSSR count). The van der Waals surface area contributed by atoms with Crippen molar-refractivity contribution >= 4 is 29.3 Å². The summed E-state index contributed by atoms with van der Waals surface area (Å²) in [5.74, 6) is -1.51. The molecule has 1 N–H and O–H groups in total. The van der Waals surface area contributed by atoms with Crippen LogP contribution in [-0.2, 0) is 4.79 Å². The number of nitrogens with one attached hydrogen (secondary N) is 1.